The molecule has 4 heteroatoms. The lowest BCUT2D eigenvalue weighted by atomic mass is 9.84. The molecule has 1 saturated heterocycles. The lowest BCUT2D eigenvalue weighted by Crippen LogP contribution is -2.34. The highest BCUT2D eigenvalue weighted by molar-refractivity contribution is 5.97. The van der Waals surface area contributed by atoms with Crippen LogP contribution in [0.1, 0.15) is 77.2 Å². The number of hydrogen-bond acceptors (Lipinski definition) is 3. The molecular weight excluding hydrogens is 372 g/mol. The van der Waals surface area contributed by atoms with Gasteiger partial charge in [0.05, 0.1) is 6.26 Å². The number of amides is 1. The van der Waals surface area contributed by atoms with Gasteiger partial charge < -0.3 is 9.32 Å². The Kier molecular flexibility index (Phi) is 6.43. The number of fused-ring (bicyclic) bond motifs is 1. The lowest BCUT2D eigenvalue weighted by molar-refractivity contribution is -0.124. The summed E-state index contributed by atoms with van der Waals surface area (Å²) < 4.78 is 5.76. The van der Waals surface area contributed by atoms with Crippen molar-refractivity contribution in [3.8, 4) is 0 Å². The van der Waals surface area contributed by atoms with Crippen molar-refractivity contribution in [2.24, 2.45) is 16.3 Å². The molecule has 1 aliphatic carbocycles. The molecule has 2 heterocycles. The second-order valence-electron chi connectivity index (χ2n) is 10.3. The van der Waals surface area contributed by atoms with Crippen LogP contribution in [0.15, 0.2) is 39.9 Å². The predicted molar refractivity (Wildman–Crippen MR) is 123 cm³/mol. The third-order valence-corrected chi connectivity index (χ3v) is 6.98. The van der Waals surface area contributed by atoms with Crippen LogP contribution in [0, 0.1) is 11.3 Å². The van der Waals surface area contributed by atoms with Crippen molar-refractivity contribution in [1.82, 2.24) is 4.90 Å². The molecule has 1 aliphatic heterocycles. The maximum atomic E-state index is 12.1. The number of para-hydroxylation sites is 1. The number of carbonyl (C=O) groups excluding carboxylic acids is 1. The molecule has 4 nitrogen and oxygen atoms in total. The molecule has 1 aromatic carbocycles. The van der Waals surface area contributed by atoms with Crippen LogP contribution in [-0.4, -0.2) is 36.2 Å². The van der Waals surface area contributed by atoms with E-state index in [1.807, 2.05) is 33.1 Å². The van der Waals surface area contributed by atoms with Gasteiger partial charge >= 0.3 is 0 Å². The Labute approximate surface area is 180 Å². The minimum absolute atomic E-state index is 0.0317. The minimum Gasteiger partial charge on any atom is -0.464 e. The topological polar surface area (TPSA) is 45.8 Å². The Bertz CT molecular complexity index is 887. The van der Waals surface area contributed by atoms with Crippen molar-refractivity contribution in [1.29, 1.82) is 0 Å². The molecule has 2 fully saturated rings. The fourth-order valence-corrected chi connectivity index (χ4v) is 4.87. The molecule has 0 radical (unpaired) electrons. The van der Waals surface area contributed by atoms with Crippen LogP contribution >= 0.6 is 0 Å². The summed E-state index contributed by atoms with van der Waals surface area (Å²) in [5, 5.41) is 1.29. The third kappa shape index (κ3) is 5.03. The van der Waals surface area contributed by atoms with Crippen molar-refractivity contribution < 1.29 is 9.21 Å². The zero-order valence-corrected chi connectivity index (χ0v) is 18.8. The van der Waals surface area contributed by atoms with Gasteiger partial charge in [-0.15, -0.1) is 0 Å². The number of hydrogen-bond donors (Lipinski definition) is 0. The second-order valence-corrected chi connectivity index (χ2v) is 10.3. The van der Waals surface area contributed by atoms with Gasteiger partial charge in [-0.3, -0.25) is 4.79 Å². The van der Waals surface area contributed by atoms with Crippen LogP contribution in [0.25, 0.3) is 11.0 Å². The van der Waals surface area contributed by atoms with E-state index in [-0.39, 0.29) is 11.3 Å². The summed E-state index contributed by atoms with van der Waals surface area (Å²) in [4.78, 5) is 19.2. The largest absolute Gasteiger partial charge is 0.464 e. The van der Waals surface area contributed by atoms with Gasteiger partial charge in [0.25, 0.3) is 5.91 Å². The summed E-state index contributed by atoms with van der Waals surface area (Å²) in [6.45, 7) is 9.42. The van der Waals surface area contributed by atoms with Gasteiger partial charge in [-0.05, 0) is 82.5 Å². The smallest absolute Gasteiger partial charge is 0.250 e. The number of likely N-dealkylation sites (tertiary alicyclic amines) is 1. The summed E-state index contributed by atoms with van der Waals surface area (Å²) in [6, 6.07) is 8.40. The molecule has 4 rings (SSSR count). The van der Waals surface area contributed by atoms with Crippen LogP contribution in [0.5, 0.6) is 0 Å². The lowest BCUT2D eigenvalue weighted by Gasteiger charge is -2.33. The molecule has 162 valence electrons. The van der Waals surface area contributed by atoms with Crippen LogP contribution in [0.3, 0.4) is 0 Å². The molecule has 0 spiro atoms. The fraction of sp³-hybridized carbons (Fsp3) is 0.615. The standard InChI is InChI=1S/C26H36N2O2/c1-26(2,3)25(29)27-21-10-8-19(9-11-21)12-15-28-16-13-20(14-17-28)23-18-30-24-7-5-4-6-22(23)24/h4-7,18-20H,8-17H2,1-3H3. The summed E-state index contributed by atoms with van der Waals surface area (Å²) >= 11 is 0. The van der Waals surface area contributed by atoms with E-state index < -0.39 is 0 Å². The van der Waals surface area contributed by atoms with Gasteiger partial charge in [-0.1, -0.05) is 39.0 Å². The molecule has 2 aromatic rings. The van der Waals surface area contributed by atoms with Gasteiger partial charge in [0.15, 0.2) is 0 Å². The first kappa shape index (κ1) is 21.3. The average Bonchev–Trinajstić information content (AvgIpc) is 3.17. The zero-order valence-electron chi connectivity index (χ0n) is 18.8. The van der Waals surface area contributed by atoms with Gasteiger partial charge in [-0.25, -0.2) is 4.99 Å². The van der Waals surface area contributed by atoms with Gasteiger partial charge in [0.2, 0.25) is 0 Å². The van der Waals surface area contributed by atoms with Crippen molar-refractivity contribution in [2.75, 3.05) is 19.6 Å². The van der Waals surface area contributed by atoms with Crippen molar-refractivity contribution >= 4 is 22.6 Å². The first-order valence-electron chi connectivity index (χ1n) is 11.7. The second kappa shape index (κ2) is 9.05. The van der Waals surface area contributed by atoms with Crippen LogP contribution in [0.2, 0.25) is 0 Å². The van der Waals surface area contributed by atoms with E-state index in [4.69, 9.17) is 4.42 Å². The Hall–Kier alpha value is -1.94. The third-order valence-electron chi connectivity index (χ3n) is 6.98. The number of nitrogens with zero attached hydrogens (tertiary/aromatic N) is 2. The molecule has 0 unspecified atom stereocenters. The number of benzene rings is 1. The van der Waals surface area contributed by atoms with E-state index in [1.54, 1.807) is 0 Å². The first-order valence-corrected chi connectivity index (χ1v) is 11.7. The normalized spacial score (nSPS) is 21.8. The van der Waals surface area contributed by atoms with Gasteiger partial charge in [-0.2, -0.15) is 0 Å². The van der Waals surface area contributed by atoms with Crippen molar-refractivity contribution in [2.45, 2.75) is 71.6 Å². The molecule has 0 bridgehead atoms. The highest BCUT2D eigenvalue weighted by Gasteiger charge is 2.26. The molecule has 2 aliphatic rings. The molecule has 1 saturated carbocycles. The maximum Gasteiger partial charge on any atom is 0.250 e. The Morgan fingerprint density at radius 2 is 1.80 bits per heavy atom. The molecule has 1 aromatic heterocycles. The maximum absolute atomic E-state index is 12.1. The first-order chi connectivity index (χ1) is 14.4. The van der Waals surface area contributed by atoms with Gasteiger partial charge in [0.1, 0.15) is 5.58 Å². The Morgan fingerprint density at radius 1 is 1.10 bits per heavy atom. The molecular formula is C26H36N2O2. The minimum atomic E-state index is -0.362. The number of carbonyl (C=O) groups is 1. The highest BCUT2D eigenvalue weighted by Crippen LogP contribution is 2.35. The number of furan rings is 1. The average molecular weight is 409 g/mol. The zero-order chi connectivity index (χ0) is 21.1. The van der Waals surface area contributed by atoms with Crippen molar-refractivity contribution in [3.63, 3.8) is 0 Å². The van der Waals surface area contributed by atoms with Crippen LogP contribution in [0.4, 0.5) is 0 Å². The number of rotatable bonds is 4. The Balaban J connectivity index is 1.20. The molecule has 0 atom stereocenters. The summed E-state index contributed by atoms with van der Waals surface area (Å²) in [7, 11) is 0. The van der Waals surface area contributed by atoms with Gasteiger partial charge in [0, 0.05) is 22.1 Å². The monoisotopic (exact) mass is 408 g/mol. The molecule has 1 amide bonds. The summed E-state index contributed by atoms with van der Waals surface area (Å²) in [5.74, 6) is 1.44. The van der Waals surface area contributed by atoms with Crippen LogP contribution < -0.4 is 0 Å². The quantitative estimate of drug-likeness (QED) is 0.604. The van der Waals surface area contributed by atoms with Crippen molar-refractivity contribution in [3.05, 3.63) is 36.1 Å². The highest BCUT2D eigenvalue weighted by atomic mass is 16.3. The number of piperidine rings is 1. The number of aliphatic imine (C=N–C) groups is 1. The molecule has 30 heavy (non-hydrogen) atoms. The van der Waals surface area contributed by atoms with Crippen LogP contribution in [-0.2, 0) is 4.79 Å². The van der Waals surface area contributed by atoms with E-state index in [0.717, 1.165) is 30.1 Å². The predicted octanol–water partition coefficient (Wildman–Crippen LogP) is 6.21. The summed E-state index contributed by atoms with van der Waals surface area (Å²) in [6.07, 6.45) is 10.1. The van der Waals surface area contributed by atoms with E-state index in [9.17, 15) is 4.79 Å². The molecule has 0 N–H and O–H groups in total. The Morgan fingerprint density at radius 3 is 2.50 bits per heavy atom. The van der Waals surface area contributed by atoms with E-state index >= 15 is 0 Å². The van der Waals surface area contributed by atoms with E-state index in [1.165, 1.54) is 62.7 Å². The SMILES string of the molecule is CC(C)(C)C(=O)N=C1CCC(CCN2CCC(c3coc4ccccc34)CC2)CC1. The fourth-order valence-electron chi connectivity index (χ4n) is 4.87. The van der Waals surface area contributed by atoms with E-state index in [0.29, 0.717) is 5.92 Å². The summed E-state index contributed by atoms with van der Waals surface area (Å²) in [5.41, 5.74) is 3.17. The van der Waals surface area contributed by atoms with E-state index in [2.05, 4.69) is 28.1 Å².